The third-order valence-electron chi connectivity index (χ3n) is 5.91. The van der Waals surface area contributed by atoms with Gasteiger partial charge in [-0.05, 0) is 48.2 Å². The number of fused-ring (bicyclic) bond motifs is 1. The molecule has 2 aromatic rings. The fraction of sp³-hybridized carbons (Fsp3) is 0.435. The molecule has 0 bridgehead atoms. The monoisotopic (exact) mass is 392 g/mol. The number of benzene rings is 1. The topological polar surface area (TPSA) is 56.8 Å². The van der Waals surface area contributed by atoms with Crippen molar-refractivity contribution >= 4 is 23.2 Å². The zero-order valence-corrected chi connectivity index (χ0v) is 17.0. The summed E-state index contributed by atoms with van der Waals surface area (Å²) in [7, 11) is 0. The number of pyridine rings is 1. The van der Waals surface area contributed by atoms with Crippen LogP contribution in [0.5, 0.6) is 0 Å². The van der Waals surface area contributed by atoms with Crippen LogP contribution in [0.4, 0.5) is 11.4 Å². The molecular weight excluding hydrogens is 364 g/mol. The van der Waals surface area contributed by atoms with E-state index in [1.165, 1.54) is 11.3 Å². The largest absolute Gasteiger partial charge is 0.368 e. The van der Waals surface area contributed by atoms with Gasteiger partial charge in [0.25, 0.3) is 0 Å². The lowest BCUT2D eigenvalue weighted by molar-refractivity contribution is -0.131. The van der Waals surface area contributed by atoms with E-state index in [0.717, 1.165) is 56.8 Å². The number of anilines is 2. The minimum atomic E-state index is 0.190. The SMILES string of the molecule is CCC(=O)N1CCc2cc(N3CCN(C(=O)CCc4cccnc4)CC3)ccc21. The van der Waals surface area contributed by atoms with Crippen LogP contribution >= 0.6 is 0 Å². The predicted octanol–water partition coefficient (Wildman–Crippen LogP) is 2.66. The molecule has 0 saturated carbocycles. The van der Waals surface area contributed by atoms with Crippen LogP contribution in [0, 0.1) is 0 Å². The van der Waals surface area contributed by atoms with Crippen LogP contribution in [0.25, 0.3) is 0 Å². The molecule has 29 heavy (non-hydrogen) atoms. The molecule has 1 aromatic carbocycles. The first kappa shape index (κ1) is 19.4. The van der Waals surface area contributed by atoms with Crippen molar-refractivity contribution in [3.8, 4) is 0 Å². The normalized spacial score (nSPS) is 16.1. The molecule has 0 spiro atoms. The van der Waals surface area contributed by atoms with Crippen molar-refractivity contribution in [2.75, 3.05) is 42.5 Å². The number of hydrogen-bond acceptors (Lipinski definition) is 4. The Hall–Kier alpha value is -2.89. The lowest BCUT2D eigenvalue weighted by Gasteiger charge is -2.36. The molecule has 2 aliphatic rings. The third kappa shape index (κ3) is 4.26. The van der Waals surface area contributed by atoms with E-state index >= 15 is 0 Å². The first-order chi connectivity index (χ1) is 14.2. The Bertz CT molecular complexity index is 876. The van der Waals surface area contributed by atoms with Crippen molar-refractivity contribution in [2.24, 2.45) is 0 Å². The van der Waals surface area contributed by atoms with Crippen LogP contribution in [0.1, 0.15) is 30.9 Å². The zero-order valence-electron chi connectivity index (χ0n) is 17.0. The Morgan fingerprint density at radius 1 is 1.03 bits per heavy atom. The van der Waals surface area contributed by atoms with Crippen LogP contribution in [0.2, 0.25) is 0 Å². The van der Waals surface area contributed by atoms with Gasteiger partial charge in [-0.2, -0.15) is 0 Å². The van der Waals surface area contributed by atoms with E-state index in [2.05, 4.69) is 28.1 Å². The molecule has 0 atom stereocenters. The second kappa shape index (κ2) is 8.64. The summed E-state index contributed by atoms with van der Waals surface area (Å²) in [4.78, 5) is 35.0. The molecule has 1 aromatic heterocycles. The number of piperazine rings is 1. The number of amides is 2. The lowest BCUT2D eigenvalue weighted by atomic mass is 10.1. The number of carbonyl (C=O) groups excluding carboxylic acids is 2. The summed E-state index contributed by atoms with van der Waals surface area (Å²) in [5.74, 6) is 0.408. The Morgan fingerprint density at radius 3 is 2.59 bits per heavy atom. The third-order valence-corrected chi connectivity index (χ3v) is 5.91. The van der Waals surface area contributed by atoms with Gasteiger partial charge in [-0.1, -0.05) is 13.0 Å². The van der Waals surface area contributed by atoms with E-state index < -0.39 is 0 Å². The number of aryl methyl sites for hydroxylation is 1. The fourth-order valence-corrected chi connectivity index (χ4v) is 4.20. The minimum absolute atomic E-state index is 0.190. The second-order valence-electron chi connectivity index (χ2n) is 7.69. The van der Waals surface area contributed by atoms with Gasteiger partial charge in [0, 0.05) is 69.3 Å². The van der Waals surface area contributed by atoms with Crippen LogP contribution in [-0.2, 0) is 22.4 Å². The summed E-state index contributed by atoms with van der Waals surface area (Å²) in [6, 6.07) is 10.3. The summed E-state index contributed by atoms with van der Waals surface area (Å²) in [6.45, 7) is 5.88. The quantitative estimate of drug-likeness (QED) is 0.785. The van der Waals surface area contributed by atoms with Gasteiger partial charge in [0.15, 0.2) is 0 Å². The van der Waals surface area contributed by atoms with E-state index in [9.17, 15) is 9.59 Å². The zero-order chi connectivity index (χ0) is 20.2. The van der Waals surface area contributed by atoms with Gasteiger partial charge in [0.2, 0.25) is 11.8 Å². The summed E-state index contributed by atoms with van der Waals surface area (Å²) in [5.41, 5.74) is 4.61. The fourth-order valence-electron chi connectivity index (χ4n) is 4.20. The smallest absolute Gasteiger partial charge is 0.226 e. The first-order valence-electron chi connectivity index (χ1n) is 10.5. The summed E-state index contributed by atoms with van der Waals surface area (Å²) >= 11 is 0. The summed E-state index contributed by atoms with van der Waals surface area (Å²) in [6.07, 6.45) is 6.31. The van der Waals surface area contributed by atoms with Gasteiger partial charge in [0.1, 0.15) is 0 Å². The van der Waals surface area contributed by atoms with Gasteiger partial charge in [-0.15, -0.1) is 0 Å². The van der Waals surface area contributed by atoms with Gasteiger partial charge >= 0.3 is 0 Å². The van der Waals surface area contributed by atoms with E-state index in [1.807, 2.05) is 35.1 Å². The number of rotatable bonds is 5. The standard InChI is InChI=1S/C23H28N4O2/c1-2-22(28)27-11-9-19-16-20(6-7-21(19)27)25-12-14-26(15-13-25)23(29)8-5-18-4-3-10-24-17-18/h3-4,6-7,10,16-17H,2,5,8-9,11-15H2,1H3. The first-order valence-corrected chi connectivity index (χ1v) is 10.5. The molecule has 6 nitrogen and oxygen atoms in total. The van der Waals surface area contributed by atoms with Gasteiger partial charge < -0.3 is 14.7 Å². The Morgan fingerprint density at radius 2 is 1.86 bits per heavy atom. The molecule has 4 rings (SSSR count). The highest BCUT2D eigenvalue weighted by molar-refractivity contribution is 5.95. The number of aromatic nitrogens is 1. The molecule has 0 aliphatic carbocycles. The molecule has 2 aliphatic heterocycles. The van der Waals surface area contributed by atoms with E-state index in [-0.39, 0.29) is 11.8 Å². The number of carbonyl (C=O) groups is 2. The average molecular weight is 393 g/mol. The Balaban J connectivity index is 1.32. The van der Waals surface area contributed by atoms with Crippen LogP contribution in [0.15, 0.2) is 42.7 Å². The molecular formula is C23H28N4O2. The molecule has 152 valence electrons. The molecule has 6 heteroatoms. The predicted molar refractivity (Wildman–Crippen MR) is 114 cm³/mol. The second-order valence-corrected chi connectivity index (χ2v) is 7.69. The van der Waals surface area contributed by atoms with Crippen molar-refractivity contribution < 1.29 is 9.59 Å². The van der Waals surface area contributed by atoms with Crippen molar-refractivity contribution in [1.82, 2.24) is 9.88 Å². The van der Waals surface area contributed by atoms with E-state index in [4.69, 9.17) is 0 Å². The molecule has 1 fully saturated rings. The van der Waals surface area contributed by atoms with Crippen molar-refractivity contribution in [1.29, 1.82) is 0 Å². The van der Waals surface area contributed by atoms with E-state index in [1.54, 1.807) is 6.20 Å². The maximum atomic E-state index is 12.5. The lowest BCUT2D eigenvalue weighted by Crippen LogP contribution is -2.48. The van der Waals surface area contributed by atoms with Crippen molar-refractivity contribution in [3.05, 3.63) is 53.9 Å². The van der Waals surface area contributed by atoms with Gasteiger partial charge in [-0.25, -0.2) is 0 Å². The highest BCUT2D eigenvalue weighted by Gasteiger charge is 2.26. The van der Waals surface area contributed by atoms with Crippen molar-refractivity contribution in [2.45, 2.75) is 32.6 Å². The Labute approximate surface area is 172 Å². The van der Waals surface area contributed by atoms with Crippen LogP contribution in [0.3, 0.4) is 0 Å². The molecule has 0 radical (unpaired) electrons. The average Bonchev–Trinajstić information content (AvgIpc) is 3.21. The van der Waals surface area contributed by atoms with Gasteiger partial charge in [-0.3, -0.25) is 14.6 Å². The molecule has 2 amide bonds. The maximum absolute atomic E-state index is 12.5. The Kier molecular flexibility index (Phi) is 5.79. The highest BCUT2D eigenvalue weighted by atomic mass is 16.2. The summed E-state index contributed by atoms with van der Waals surface area (Å²) < 4.78 is 0. The van der Waals surface area contributed by atoms with Gasteiger partial charge in [0.05, 0.1) is 0 Å². The number of nitrogens with zero attached hydrogens (tertiary/aromatic N) is 4. The number of hydrogen-bond donors (Lipinski definition) is 0. The van der Waals surface area contributed by atoms with Crippen LogP contribution < -0.4 is 9.80 Å². The minimum Gasteiger partial charge on any atom is -0.368 e. The molecule has 0 unspecified atom stereocenters. The summed E-state index contributed by atoms with van der Waals surface area (Å²) in [5, 5.41) is 0. The molecule has 1 saturated heterocycles. The van der Waals surface area contributed by atoms with E-state index in [0.29, 0.717) is 12.8 Å². The maximum Gasteiger partial charge on any atom is 0.226 e. The van der Waals surface area contributed by atoms with Crippen LogP contribution in [-0.4, -0.2) is 54.4 Å². The van der Waals surface area contributed by atoms with Crippen molar-refractivity contribution in [3.63, 3.8) is 0 Å². The molecule has 3 heterocycles. The highest BCUT2D eigenvalue weighted by Crippen LogP contribution is 2.32. The molecule has 0 N–H and O–H groups in total.